The van der Waals surface area contributed by atoms with Crippen LogP contribution in [0.1, 0.15) is 28.2 Å². The molecule has 0 saturated heterocycles. The maximum absolute atomic E-state index is 9.55. The molecular weight excluding hydrogens is 306 g/mol. The van der Waals surface area contributed by atoms with Gasteiger partial charge in [0.25, 0.3) is 0 Å². The second-order valence-electron chi connectivity index (χ2n) is 5.82. The number of hydrogen-bond donors (Lipinski definition) is 1. The van der Waals surface area contributed by atoms with Gasteiger partial charge in [0.2, 0.25) is 5.90 Å². The van der Waals surface area contributed by atoms with E-state index >= 15 is 0 Å². The molecule has 3 rings (SSSR count). The number of ether oxygens (including phenoxy) is 1. The van der Waals surface area contributed by atoms with Crippen molar-refractivity contribution in [2.45, 2.75) is 19.3 Å². The fourth-order valence-electron chi connectivity index (χ4n) is 2.86. The lowest BCUT2D eigenvalue weighted by molar-refractivity contribution is 0.452. The Morgan fingerprint density at radius 2 is 2.09 bits per heavy atom. The van der Waals surface area contributed by atoms with Crippen LogP contribution in [0.4, 0.5) is 5.69 Å². The minimum atomic E-state index is -0.573. The van der Waals surface area contributed by atoms with Crippen molar-refractivity contribution in [3.05, 3.63) is 45.6 Å². The lowest BCUT2D eigenvalue weighted by atomic mass is 9.83. The molecule has 2 atom stereocenters. The molecule has 2 unspecified atom stereocenters. The standard InChI is InChI=1S/C18H19N3OS/c1-4-12-6-8-16(23-12)17-13-7-5-11(21(2)3)9-15(13)22-18(20)14(17)10-19/h5-9,14,17,20H,4H2,1-3H3. The van der Waals surface area contributed by atoms with E-state index in [0.717, 1.165) is 22.5 Å². The molecule has 23 heavy (non-hydrogen) atoms. The Bertz CT molecular complexity index is 788. The number of fused-ring (bicyclic) bond motifs is 1. The number of nitriles is 1. The summed E-state index contributed by atoms with van der Waals surface area (Å²) in [7, 11) is 3.94. The Balaban J connectivity index is 2.13. The predicted molar refractivity (Wildman–Crippen MR) is 93.8 cm³/mol. The van der Waals surface area contributed by atoms with Gasteiger partial charge >= 0.3 is 0 Å². The van der Waals surface area contributed by atoms with Gasteiger partial charge in [0.05, 0.1) is 6.07 Å². The molecule has 118 valence electrons. The molecule has 2 aromatic rings. The summed E-state index contributed by atoms with van der Waals surface area (Å²) >= 11 is 1.72. The Labute approximate surface area is 140 Å². The average Bonchev–Trinajstić information content (AvgIpc) is 3.01. The van der Waals surface area contributed by atoms with Crippen LogP contribution in [0.3, 0.4) is 0 Å². The molecule has 0 saturated carbocycles. The van der Waals surface area contributed by atoms with Crippen molar-refractivity contribution in [3.63, 3.8) is 0 Å². The van der Waals surface area contributed by atoms with Crippen LogP contribution in [-0.2, 0) is 6.42 Å². The Morgan fingerprint density at radius 1 is 1.30 bits per heavy atom. The zero-order valence-corrected chi connectivity index (χ0v) is 14.3. The van der Waals surface area contributed by atoms with Crippen LogP contribution in [0.2, 0.25) is 0 Å². The summed E-state index contributed by atoms with van der Waals surface area (Å²) in [5.74, 6) is 0.0188. The summed E-state index contributed by atoms with van der Waals surface area (Å²) in [5, 5.41) is 17.7. The molecule has 1 aromatic heterocycles. The van der Waals surface area contributed by atoms with E-state index in [2.05, 4.69) is 25.1 Å². The first kappa shape index (κ1) is 15.6. The van der Waals surface area contributed by atoms with Crippen LogP contribution in [0.15, 0.2) is 30.3 Å². The normalized spacial score (nSPS) is 19.7. The number of benzene rings is 1. The van der Waals surface area contributed by atoms with E-state index in [1.54, 1.807) is 11.3 Å². The van der Waals surface area contributed by atoms with Crippen LogP contribution in [-0.4, -0.2) is 20.0 Å². The predicted octanol–water partition coefficient (Wildman–Crippen LogP) is 4.02. The largest absolute Gasteiger partial charge is 0.442 e. The van der Waals surface area contributed by atoms with Crippen LogP contribution in [0.25, 0.3) is 0 Å². The molecule has 1 N–H and O–H groups in total. The first-order chi connectivity index (χ1) is 11.0. The van der Waals surface area contributed by atoms with Crippen molar-refractivity contribution < 1.29 is 4.74 Å². The lowest BCUT2D eigenvalue weighted by Crippen LogP contribution is -2.30. The van der Waals surface area contributed by atoms with Crippen LogP contribution >= 0.6 is 11.3 Å². The van der Waals surface area contributed by atoms with Gasteiger partial charge in [-0.25, -0.2) is 0 Å². The van der Waals surface area contributed by atoms with Gasteiger partial charge in [-0.2, -0.15) is 5.26 Å². The number of hydrogen-bond acceptors (Lipinski definition) is 5. The van der Waals surface area contributed by atoms with E-state index in [4.69, 9.17) is 10.1 Å². The average molecular weight is 325 g/mol. The first-order valence-electron chi connectivity index (χ1n) is 7.61. The maximum atomic E-state index is 9.55. The van der Waals surface area contributed by atoms with Crippen LogP contribution in [0.5, 0.6) is 5.75 Å². The van der Waals surface area contributed by atoms with Gasteiger partial charge in [0.15, 0.2) is 0 Å². The van der Waals surface area contributed by atoms with Gasteiger partial charge in [-0.3, -0.25) is 5.41 Å². The van der Waals surface area contributed by atoms with Crippen LogP contribution in [0, 0.1) is 22.7 Å². The van der Waals surface area contributed by atoms with Crippen molar-refractivity contribution in [1.82, 2.24) is 0 Å². The highest BCUT2D eigenvalue weighted by Gasteiger charge is 2.37. The second-order valence-corrected chi connectivity index (χ2v) is 7.02. The molecule has 0 radical (unpaired) electrons. The molecule has 0 bridgehead atoms. The van der Waals surface area contributed by atoms with E-state index in [9.17, 15) is 5.26 Å². The topological polar surface area (TPSA) is 60.1 Å². The molecule has 0 amide bonds. The molecular formula is C18H19N3OS. The molecule has 1 aliphatic heterocycles. The van der Waals surface area contributed by atoms with Crippen LogP contribution < -0.4 is 9.64 Å². The Kier molecular flexibility index (Phi) is 4.10. The molecule has 0 aliphatic carbocycles. The van der Waals surface area contributed by atoms with Gasteiger partial charge in [0.1, 0.15) is 11.7 Å². The number of thiophene rings is 1. The van der Waals surface area contributed by atoms with E-state index in [1.807, 2.05) is 37.2 Å². The number of anilines is 1. The van der Waals surface area contributed by atoms with Crippen molar-refractivity contribution in [2.75, 3.05) is 19.0 Å². The highest BCUT2D eigenvalue weighted by Crippen LogP contribution is 2.45. The van der Waals surface area contributed by atoms with Gasteiger partial charge in [0, 0.05) is 47.1 Å². The number of nitrogens with one attached hydrogen (secondary N) is 1. The van der Waals surface area contributed by atoms with E-state index in [-0.39, 0.29) is 11.8 Å². The quantitative estimate of drug-likeness (QED) is 0.927. The molecule has 4 nitrogen and oxygen atoms in total. The van der Waals surface area contributed by atoms with Crippen molar-refractivity contribution in [3.8, 4) is 11.8 Å². The third-order valence-electron chi connectivity index (χ3n) is 4.16. The smallest absolute Gasteiger partial charge is 0.205 e. The van der Waals surface area contributed by atoms with Gasteiger partial charge in [-0.05, 0) is 24.6 Å². The molecule has 2 heterocycles. The van der Waals surface area contributed by atoms with Crippen molar-refractivity contribution in [2.24, 2.45) is 5.92 Å². The summed E-state index contributed by atoms with van der Waals surface area (Å²) < 4.78 is 5.65. The van der Waals surface area contributed by atoms with Crippen molar-refractivity contribution >= 4 is 22.9 Å². The fraction of sp³-hybridized carbons (Fsp3) is 0.333. The third kappa shape index (κ3) is 2.71. The van der Waals surface area contributed by atoms with E-state index in [1.165, 1.54) is 4.88 Å². The van der Waals surface area contributed by atoms with Crippen molar-refractivity contribution in [1.29, 1.82) is 10.7 Å². The van der Waals surface area contributed by atoms with Gasteiger partial charge < -0.3 is 9.64 Å². The van der Waals surface area contributed by atoms with E-state index < -0.39 is 5.92 Å². The highest BCUT2D eigenvalue weighted by atomic mass is 32.1. The lowest BCUT2D eigenvalue weighted by Gasteiger charge is -2.30. The molecule has 5 heteroatoms. The SMILES string of the molecule is CCc1ccc(C2c3ccc(N(C)C)cc3OC(=N)C2C#N)s1. The zero-order chi connectivity index (χ0) is 16.6. The highest BCUT2D eigenvalue weighted by molar-refractivity contribution is 7.12. The number of nitrogens with zero attached hydrogens (tertiary/aromatic N) is 2. The molecule has 1 aliphatic rings. The van der Waals surface area contributed by atoms with Gasteiger partial charge in [-0.15, -0.1) is 11.3 Å². The summed E-state index contributed by atoms with van der Waals surface area (Å²) in [6.07, 6.45) is 0.981. The first-order valence-corrected chi connectivity index (χ1v) is 8.42. The second kappa shape index (κ2) is 6.05. The monoisotopic (exact) mass is 325 g/mol. The fourth-order valence-corrected chi connectivity index (χ4v) is 3.97. The Hall–Kier alpha value is -2.32. The number of rotatable bonds is 3. The van der Waals surface area contributed by atoms with Gasteiger partial charge in [-0.1, -0.05) is 13.0 Å². The maximum Gasteiger partial charge on any atom is 0.205 e. The minimum absolute atomic E-state index is 0.0346. The number of aryl methyl sites for hydroxylation is 1. The molecule has 1 aromatic carbocycles. The van der Waals surface area contributed by atoms with E-state index in [0.29, 0.717) is 5.75 Å². The summed E-state index contributed by atoms with van der Waals surface area (Å²) in [4.78, 5) is 4.42. The molecule has 0 spiro atoms. The third-order valence-corrected chi connectivity index (χ3v) is 5.47. The Morgan fingerprint density at radius 3 is 2.70 bits per heavy atom. The molecule has 0 fully saturated rings. The summed E-state index contributed by atoms with van der Waals surface area (Å²) in [6, 6.07) is 12.5. The zero-order valence-electron chi connectivity index (χ0n) is 13.5. The summed E-state index contributed by atoms with van der Waals surface area (Å²) in [5.41, 5.74) is 2.01. The minimum Gasteiger partial charge on any atom is -0.442 e. The summed E-state index contributed by atoms with van der Waals surface area (Å²) in [6.45, 7) is 2.13.